The van der Waals surface area contributed by atoms with E-state index in [0.29, 0.717) is 23.4 Å². The molecule has 2 aromatic rings. The lowest BCUT2D eigenvalue weighted by molar-refractivity contribution is 0.0950. The summed E-state index contributed by atoms with van der Waals surface area (Å²) in [4.78, 5) is 26.3. The van der Waals surface area contributed by atoms with Crippen LogP contribution in [0.5, 0.6) is 0 Å². The summed E-state index contributed by atoms with van der Waals surface area (Å²) in [5.41, 5.74) is 1.26. The number of rotatable bonds is 7. The van der Waals surface area contributed by atoms with Crippen molar-refractivity contribution in [1.82, 2.24) is 10.2 Å². The molecule has 0 aliphatic rings. The second-order valence-electron chi connectivity index (χ2n) is 6.07. The number of anilines is 1. The highest BCUT2D eigenvalue weighted by Gasteiger charge is 2.10. The van der Waals surface area contributed by atoms with Crippen LogP contribution in [-0.4, -0.2) is 43.9 Å². The molecule has 2 aromatic carbocycles. The molecule has 0 radical (unpaired) electrons. The van der Waals surface area contributed by atoms with Crippen LogP contribution in [0.2, 0.25) is 5.02 Å². The topological polar surface area (TPSA) is 61.4 Å². The van der Waals surface area contributed by atoms with Crippen LogP contribution >= 0.6 is 11.6 Å². The Morgan fingerprint density at radius 3 is 2.23 bits per heavy atom. The van der Waals surface area contributed by atoms with E-state index in [2.05, 4.69) is 10.6 Å². The molecule has 26 heavy (non-hydrogen) atoms. The molecule has 0 spiro atoms. The van der Waals surface area contributed by atoms with Gasteiger partial charge in [-0.2, -0.15) is 0 Å². The van der Waals surface area contributed by atoms with E-state index in [0.717, 1.165) is 13.0 Å². The second-order valence-corrected chi connectivity index (χ2v) is 6.48. The number of hydrogen-bond acceptors (Lipinski definition) is 3. The number of nitrogens with one attached hydrogen (secondary N) is 2. The highest BCUT2D eigenvalue weighted by atomic mass is 35.5. The Bertz CT molecular complexity index is 779. The maximum Gasteiger partial charge on any atom is 0.255 e. The number of amides is 2. The summed E-state index contributed by atoms with van der Waals surface area (Å²) in [5.74, 6) is -1.10. The Morgan fingerprint density at radius 1 is 1.04 bits per heavy atom. The van der Waals surface area contributed by atoms with Gasteiger partial charge < -0.3 is 15.5 Å². The lowest BCUT2D eigenvalue weighted by Gasteiger charge is -2.10. The van der Waals surface area contributed by atoms with E-state index in [4.69, 9.17) is 11.6 Å². The summed E-state index contributed by atoms with van der Waals surface area (Å²) in [6.45, 7) is 1.48. The summed E-state index contributed by atoms with van der Waals surface area (Å²) in [6.07, 6.45) is 0.861. The lowest BCUT2D eigenvalue weighted by Crippen LogP contribution is -2.27. The molecular weight excluding hydrogens is 357 g/mol. The fourth-order valence-electron chi connectivity index (χ4n) is 2.25. The Kier molecular flexibility index (Phi) is 7.12. The van der Waals surface area contributed by atoms with E-state index in [1.54, 1.807) is 24.3 Å². The molecule has 0 aliphatic carbocycles. The van der Waals surface area contributed by atoms with Gasteiger partial charge in [0.15, 0.2) is 0 Å². The summed E-state index contributed by atoms with van der Waals surface area (Å²) in [7, 11) is 3.96. The zero-order chi connectivity index (χ0) is 19.1. The van der Waals surface area contributed by atoms with E-state index < -0.39 is 5.82 Å². The summed E-state index contributed by atoms with van der Waals surface area (Å²) in [6, 6.07) is 10.3. The van der Waals surface area contributed by atoms with Crippen molar-refractivity contribution in [3.8, 4) is 0 Å². The summed E-state index contributed by atoms with van der Waals surface area (Å²) < 4.78 is 13.1. The molecule has 0 atom stereocenters. The number of carbonyl (C=O) groups excluding carboxylic acids is 2. The number of hydrogen-bond donors (Lipinski definition) is 2. The predicted octanol–water partition coefficient (Wildman–Crippen LogP) is 3.41. The normalized spacial score (nSPS) is 10.7. The Morgan fingerprint density at radius 2 is 1.65 bits per heavy atom. The van der Waals surface area contributed by atoms with Crippen LogP contribution in [0, 0.1) is 5.82 Å². The van der Waals surface area contributed by atoms with Gasteiger partial charge in [-0.15, -0.1) is 0 Å². The predicted molar refractivity (Wildman–Crippen MR) is 101 cm³/mol. The van der Waals surface area contributed by atoms with Crippen molar-refractivity contribution in [2.75, 3.05) is 32.5 Å². The molecule has 0 aliphatic heterocycles. The molecule has 0 saturated carbocycles. The number of nitrogens with zero attached hydrogens (tertiary/aromatic N) is 1. The van der Waals surface area contributed by atoms with Crippen molar-refractivity contribution < 1.29 is 14.0 Å². The quantitative estimate of drug-likeness (QED) is 0.727. The molecule has 0 aromatic heterocycles. The third-order valence-corrected chi connectivity index (χ3v) is 3.94. The zero-order valence-electron chi connectivity index (χ0n) is 14.7. The summed E-state index contributed by atoms with van der Waals surface area (Å²) in [5, 5.41) is 5.40. The molecule has 2 N–H and O–H groups in total. The van der Waals surface area contributed by atoms with Gasteiger partial charge in [-0.05, 0) is 69.5 Å². The van der Waals surface area contributed by atoms with E-state index in [-0.39, 0.29) is 16.8 Å². The van der Waals surface area contributed by atoms with Crippen LogP contribution < -0.4 is 10.6 Å². The Labute approximate surface area is 157 Å². The highest BCUT2D eigenvalue weighted by molar-refractivity contribution is 6.31. The maximum atomic E-state index is 13.1. The van der Waals surface area contributed by atoms with Crippen LogP contribution in [0.25, 0.3) is 0 Å². The number of halogens is 2. The van der Waals surface area contributed by atoms with Crippen molar-refractivity contribution in [3.05, 3.63) is 64.4 Å². The van der Waals surface area contributed by atoms with Crippen LogP contribution in [0.3, 0.4) is 0 Å². The molecule has 0 heterocycles. The minimum absolute atomic E-state index is 0.0657. The van der Waals surface area contributed by atoms with Gasteiger partial charge in [0.1, 0.15) is 5.82 Å². The van der Waals surface area contributed by atoms with Crippen LogP contribution in [0.1, 0.15) is 27.1 Å². The van der Waals surface area contributed by atoms with Gasteiger partial charge in [-0.1, -0.05) is 11.6 Å². The standard InChI is InChI=1S/C19H21ClFN3O2/c1-24(2)11-3-10-22-18(25)13-4-6-14(7-5-13)19(26)23-15-8-9-17(21)16(20)12-15/h4-9,12H,3,10-11H2,1-2H3,(H,22,25)(H,23,26). The third kappa shape index (κ3) is 5.82. The van der Waals surface area contributed by atoms with Gasteiger partial charge in [-0.3, -0.25) is 9.59 Å². The first-order valence-electron chi connectivity index (χ1n) is 8.16. The molecule has 2 rings (SSSR count). The van der Waals surface area contributed by atoms with Gasteiger partial charge in [0.25, 0.3) is 11.8 Å². The first-order chi connectivity index (χ1) is 12.4. The Hall–Kier alpha value is -2.44. The largest absolute Gasteiger partial charge is 0.352 e. The smallest absolute Gasteiger partial charge is 0.255 e. The first kappa shape index (κ1) is 19.9. The van der Waals surface area contributed by atoms with Gasteiger partial charge in [0, 0.05) is 23.4 Å². The molecule has 2 amide bonds. The van der Waals surface area contributed by atoms with E-state index in [1.807, 2.05) is 19.0 Å². The zero-order valence-corrected chi connectivity index (χ0v) is 15.4. The molecule has 0 bridgehead atoms. The number of carbonyl (C=O) groups is 2. The lowest BCUT2D eigenvalue weighted by atomic mass is 10.1. The van der Waals surface area contributed by atoms with E-state index >= 15 is 0 Å². The van der Waals surface area contributed by atoms with Gasteiger partial charge in [-0.25, -0.2) is 4.39 Å². The monoisotopic (exact) mass is 377 g/mol. The van der Waals surface area contributed by atoms with E-state index in [9.17, 15) is 14.0 Å². The van der Waals surface area contributed by atoms with Gasteiger partial charge in [0.05, 0.1) is 5.02 Å². The van der Waals surface area contributed by atoms with Crippen LogP contribution in [0.15, 0.2) is 42.5 Å². The average molecular weight is 378 g/mol. The van der Waals surface area contributed by atoms with E-state index in [1.165, 1.54) is 18.2 Å². The molecule has 138 valence electrons. The Balaban J connectivity index is 1.92. The highest BCUT2D eigenvalue weighted by Crippen LogP contribution is 2.20. The molecule has 0 unspecified atom stereocenters. The van der Waals surface area contributed by atoms with Crippen molar-refractivity contribution in [2.24, 2.45) is 0 Å². The van der Waals surface area contributed by atoms with Gasteiger partial charge in [0.2, 0.25) is 0 Å². The van der Waals surface area contributed by atoms with Crippen molar-refractivity contribution >= 4 is 29.1 Å². The van der Waals surface area contributed by atoms with Crippen molar-refractivity contribution in [3.63, 3.8) is 0 Å². The minimum atomic E-state index is -0.550. The SMILES string of the molecule is CN(C)CCCNC(=O)c1ccc(C(=O)Nc2ccc(F)c(Cl)c2)cc1. The third-order valence-electron chi connectivity index (χ3n) is 3.65. The molecule has 0 saturated heterocycles. The van der Waals surface area contributed by atoms with Crippen LogP contribution in [0.4, 0.5) is 10.1 Å². The minimum Gasteiger partial charge on any atom is -0.352 e. The maximum absolute atomic E-state index is 13.1. The molecular formula is C19H21ClFN3O2. The fraction of sp³-hybridized carbons (Fsp3) is 0.263. The summed E-state index contributed by atoms with van der Waals surface area (Å²) >= 11 is 5.69. The molecule has 7 heteroatoms. The van der Waals surface area contributed by atoms with Crippen molar-refractivity contribution in [2.45, 2.75) is 6.42 Å². The van der Waals surface area contributed by atoms with Crippen molar-refractivity contribution in [1.29, 1.82) is 0 Å². The molecule has 5 nitrogen and oxygen atoms in total. The average Bonchev–Trinajstić information content (AvgIpc) is 2.61. The molecule has 0 fully saturated rings. The number of benzene rings is 2. The van der Waals surface area contributed by atoms with Gasteiger partial charge >= 0.3 is 0 Å². The van der Waals surface area contributed by atoms with Crippen LogP contribution in [-0.2, 0) is 0 Å². The second kappa shape index (κ2) is 9.31. The fourth-order valence-corrected chi connectivity index (χ4v) is 2.43. The first-order valence-corrected chi connectivity index (χ1v) is 8.54.